The van der Waals surface area contributed by atoms with Gasteiger partial charge in [-0.1, -0.05) is 12.2 Å². The molecule has 18 heavy (non-hydrogen) atoms. The number of rotatable bonds is 2. The van der Waals surface area contributed by atoms with E-state index in [9.17, 15) is 0 Å². The van der Waals surface area contributed by atoms with Gasteiger partial charge in [-0.25, -0.2) is 0 Å². The Balaban J connectivity index is 1.43. The van der Waals surface area contributed by atoms with Crippen molar-refractivity contribution >= 4 is 0 Å². The highest BCUT2D eigenvalue weighted by Gasteiger charge is 2.35. The number of hydrogen-bond donors (Lipinski definition) is 0. The zero-order valence-corrected chi connectivity index (χ0v) is 11.3. The molecule has 0 unspecified atom stereocenters. The highest BCUT2D eigenvalue weighted by molar-refractivity contribution is 5.26. The third-order valence-corrected chi connectivity index (χ3v) is 5.28. The fraction of sp³-hybridized carbons (Fsp3) is 0.750. The smallest absolute Gasteiger partial charge is 0.0175 e. The average molecular weight is 244 g/mol. The van der Waals surface area contributed by atoms with E-state index in [-0.39, 0.29) is 0 Å². The Bertz CT molecular complexity index is 346. The molecule has 2 nitrogen and oxygen atoms in total. The van der Waals surface area contributed by atoms with E-state index < -0.39 is 0 Å². The molecule has 0 N–H and O–H groups in total. The number of likely N-dealkylation sites (tertiary alicyclic amines) is 2. The molecule has 0 spiro atoms. The predicted molar refractivity (Wildman–Crippen MR) is 74.0 cm³/mol. The van der Waals surface area contributed by atoms with Crippen LogP contribution in [0.3, 0.4) is 0 Å². The molecule has 2 aliphatic carbocycles. The van der Waals surface area contributed by atoms with E-state index in [1.54, 1.807) is 11.4 Å². The molecule has 2 aliphatic heterocycles. The van der Waals surface area contributed by atoms with Gasteiger partial charge < -0.3 is 9.80 Å². The fourth-order valence-electron chi connectivity index (χ4n) is 4.26. The number of hydrogen-bond acceptors (Lipinski definition) is 2. The van der Waals surface area contributed by atoms with Crippen molar-refractivity contribution in [2.45, 2.75) is 38.5 Å². The normalized spacial score (nSPS) is 35.1. The fourth-order valence-corrected chi connectivity index (χ4v) is 4.26. The zero-order chi connectivity index (χ0) is 11.9. The minimum Gasteiger partial charge on any atom is -0.375 e. The van der Waals surface area contributed by atoms with Gasteiger partial charge in [0, 0.05) is 37.6 Å². The molecule has 2 atom stereocenters. The van der Waals surface area contributed by atoms with Gasteiger partial charge in [0.25, 0.3) is 0 Å². The molecular formula is C16H24N2. The van der Waals surface area contributed by atoms with Crippen molar-refractivity contribution < 1.29 is 0 Å². The van der Waals surface area contributed by atoms with Gasteiger partial charge in [-0.15, -0.1) is 0 Å². The van der Waals surface area contributed by atoms with Crippen LogP contribution in [0.25, 0.3) is 0 Å². The van der Waals surface area contributed by atoms with Crippen LogP contribution < -0.4 is 0 Å². The number of fused-ring (bicyclic) bond motifs is 1. The molecule has 0 aromatic heterocycles. The maximum absolute atomic E-state index is 2.64. The molecule has 2 saturated heterocycles. The molecule has 2 fully saturated rings. The van der Waals surface area contributed by atoms with E-state index in [4.69, 9.17) is 0 Å². The summed E-state index contributed by atoms with van der Waals surface area (Å²) in [5, 5.41) is 0. The second-order valence-corrected chi connectivity index (χ2v) is 6.44. The molecule has 4 aliphatic rings. The van der Waals surface area contributed by atoms with E-state index >= 15 is 0 Å². The first kappa shape index (κ1) is 11.0. The number of nitrogens with zero attached hydrogens (tertiary/aromatic N) is 2. The summed E-state index contributed by atoms with van der Waals surface area (Å²) < 4.78 is 0. The van der Waals surface area contributed by atoms with Crippen molar-refractivity contribution in [1.82, 2.24) is 9.80 Å². The average Bonchev–Trinajstić information content (AvgIpc) is 3.13. The van der Waals surface area contributed by atoms with Crippen molar-refractivity contribution in [1.29, 1.82) is 0 Å². The molecule has 0 bridgehead atoms. The van der Waals surface area contributed by atoms with Crippen LogP contribution >= 0.6 is 0 Å². The molecule has 98 valence electrons. The van der Waals surface area contributed by atoms with E-state index in [0.717, 1.165) is 11.8 Å². The van der Waals surface area contributed by atoms with Gasteiger partial charge in [0.15, 0.2) is 0 Å². The first-order valence-corrected chi connectivity index (χ1v) is 7.81. The Kier molecular flexibility index (Phi) is 2.63. The van der Waals surface area contributed by atoms with Crippen molar-refractivity contribution in [3.8, 4) is 0 Å². The van der Waals surface area contributed by atoms with Crippen LogP contribution in [-0.4, -0.2) is 36.0 Å². The van der Waals surface area contributed by atoms with Crippen LogP contribution in [0, 0.1) is 11.8 Å². The monoisotopic (exact) mass is 244 g/mol. The van der Waals surface area contributed by atoms with Gasteiger partial charge in [-0.3, -0.25) is 0 Å². The van der Waals surface area contributed by atoms with Crippen LogP contribution in [0.2, 0.25) is 0 Å². The lowest BCUT2D eigenvalue weighted by molar-refractivity contribution is 0.402. The summed E-state index contributed by atoms with van der Waals surface area (Å²) in [7, 11) is 0. The third kappa shape index (κ3) is 1.77. The van der Waals surface area contributed by atoms with Crippen molar-refractivity contribution in [2.24, 2.45) is 11.8 Å². The minimum atomic E-state index is 0.830. The van der Waals surface area contributed by atoms with Gasteiger partial charge in [-0.05, 0) is 50.4 Å². The lowest BCUT2D eigenvalue weighted by Gasteiger charge is -2.21. The number of allylic oxidation sites excluding steroid dienone is 4. The first-order chi connectivity index (χ1) is 8.90. The van der Waals surface area contributed by atoms with Crippen LogP contribution in [0.4, 0.5) is 0 Å². The van der Waals surface area contributed by atoms with Gasteiger partial charge in [-0.2, -0.15) is 0 Å². The highest BCUT2D eigenvalue weighted by atomic mass is 15.2. The molecule has 4 rings (SSSR count). The van der Waals surface area contributed by atoms with Gasteiger partial charge >= 0.3 is 0 Å². The minimum absolute atomic E-state index is 0.830. The Morgan fingerprint density at radius 3 is 1.44 bits per heavy atom. The van der Waals surface area contributed by atoms with Crippen molar-refractivity contribution in [3.63, 3.8) is 0 Å². The molecule has 0 aromatic rings. The summed E-state index contributed by atoms with van der Waals surface area (Å²) in [6, 6.07) is 0. The highest BCUT2D eigenvalue weighted by Crippen LogP contribution is 2.44. The van der Waals surface area contributed by atoms with Crippen LogP contribution in [0.15, 0.2) is 23.5 Å². The molecule has 0 aromatic carbocycles. The zero-order valence-electron chi connectivity index (χ0n) is 11.3. The molecule has 2 heteroatoms. The summed E-state index contributed by atoms with van der Waals surface area (Å²) in [6.45, 7) is 5.25. The van der Waals surface area contributed by atoms with Gasteiger partial charge in [0.2, 0.25) is 0 Å². The summed E-state index contributed by atoms with van der Waals surface area (Å²) in [6.07, 6.45) is 13.5. The lowest BCUT2D eigenvalue weighted by atomic mass is 10.00. The summed E-state index contributed by atoms with van der Waals surface area (Å²) in [4.78, 5) is 5.28. The van der Waals surface area contributed by atoms with Crippen LogP contribution in [-0.2, 0) is 0 Å². The Hall–Kier alpha value is -0.920. The Morgan fingerprint density at radius 2 is 1.06 bits per heavy atom. The maximum atomic E-state index is 2.64. The maximum Gasteiger partial charge on any atom is 0.0175 e. The predicted octanol–water partition coefficient (Wildman–Crippen LogP) is 2.99. The molecule has 0 saturated carbocycles. The van der Waals surface area contributed by atoms with Crippen molar-refractivity contribution in [2.75, 3.05) is 26.2 Å². The van der Waals surface area contributed by atoms with E-state index in [1.165, 1.54) is 64.7 Å². The summed E-state index contributed by atoms with van der Waals surface area (Å²) in [5.41, 5.74) is 3.33. The van der Waals surface area contributed by atoms with Crippen LogP contribution in [0.5, 0.6) is 0 Å². The lowest BCUT2D eigenvalue weighted by Crippen LogP contribution is -2.19. The first-order valence-electron chi connectivity index (χ1n) is 7.81. The molecular weight excluding hydrogens is 220 g/mol. The summed E-state index contributed by atoms with van der Waals surface area (Å²) >= 11 is 0. The topological polar surface area (TPSA) is 6.48 Å². The van der Waals surface area contributed by atoms with Gasteiger partial charge in [0.05, 0.1) is 0 Å². The largest absolute Gasteiger partial charge is 0.375 e. The second-order valence-electron chi connectivity index (χ2n) is 6.44. The summed E-state index contributed by atoms with van der Waals surface area (Å²) in [5.74, 6) is 1.66. The second kappa shape index (κ2) is 4.32. The molecule has 2 heterocycles. The Labute approximate surface area is 110 Å². The van der Waals surface area contributed by atoms with Gasteiger partial charge in [0.1, 0.15) is 0 Å². The quantitative estimate of drug-likeness (QED) is 0.737. The molecule has 0 radical (unpaired) electrons. The van der Waals surface area contributed by atoms with E-state index in [2.05, 4.69) is 22.0 Å². The van der Waals surface area contributed by atoms with E-state index in [0.29, 0.717) is 0 Å². The van der Waals surface area contributed by atoms with Crippen molar-refractivity contribution in [3.05, 3.63) is 23.5 Å². The van der Waals surface area contributed by atoms with E-state index in [1.807, 2.05) is 0 Å². The SMILES string of the molecule is C1=C(N2CCCC2)C[C@H]2C=C(N3CCCC3)C[C@@H]12. The molecule has 0 amide bonds. The Morgan fingerprint density at radius 1 is 0.667 bits per heavy atom. The van der Waals surface area contributed by atoms with Crippen LogP contribution in [0.1, 0.15) is 38.5 Å². The third-order valence-electron chi connectivity index (χ3n) is 5.28. The standard InChI is InChI=1S/C16H24N2/c1-2-6-17(5-1)15-9-13-11-16(12-14(13)10-15)18-7-3-4-8-18/h9,12-14H,1-8,10-11H2/t13-,14+/m1/s1.